The molecular weight excluding hydrogens is 522 g/mol. The van der Waals surface area contributed by atoms with Crippen molar-refractivity contribution in [1.82, 2.24) is 19.5 Å². The molecule has 0 saturated carbocycles. The van der Waals surface area contributed by atoms with E-state index in [-0.39, 0.29) is 6.79 Å². The molecule has 1 aliphatic heterocycles. The van der Waals surface area contributed by atoms with Crippen LogP contribution in [0.2, 0.25) is 0 Å². The molecule has 0 saturated heterocycles. The number of benzene rings is 2. The molecule has 34 heavy (non-hydrogen) atoms. The van der Waals surface area contributed by atoms with Crippen LogP contribution >= 0.6 is 27.7 Å². The smallest absolute Gasteiger partial charge is 0.231 e. The second-order valence-electron chi connectivity index (χ2n) is 7.37. The van der Waals surface area contributed by atoms with Crippen molar-refractivity contribution in [3.63, 3.8) is 0 Å². The van der Waals surface area contributed by atoms with Gasteiger partial charge in [0.1, 0.15) is 6.33 Å². The number of nitrogens with zero attached hydrogens (tertiary/aromatic N) is 4. The summed E-state index contributed by atoms with van der Waals surface area (Å²) >= 11 is 5.18. The van der Waals surface area contributed by atoms with Crippen LogP contribution in [0.5, 0.6) is 23.0 Å². The first kappa shape index (κ1) is 22.6. The van der Waals surface area contributed by atoms with Gasteiger partial charge in [-0.3, -0.25) is 0 Å². The zero-order valence-electron chi connectivity index (χ0n) is 18.8. The Bertz CT molecular complexity index is 1360. The first-order valence-corrected chi connectivity index (χ1v) is 12.1. The van der Waals surface area contributed by atoms with Crippen LogP contribution < -0.4 is 24.3 Å². The standard InChI is InChI=1S/C23H22BrN5O4S/c1-25-21-20-22(27-11-26-21)29(7-6-13-4-5-15(30-2)16(8-13)31-3)23(28-20)34-19-10-18-17(9-14(19)24)32-12-33-18/h4-5,8-11H,6-7,12H2,1-3H3,(H,25,26,27). The minimum absolute atomic E-state index is 0.223. The van der Waals surface area contributed by atoms with Crippen molar-refractivity contribution in [3.8, 4) is 23.0 Å². The molecule has 0 spiro atoms. The van der Waals surface area contributed by atoms with Crippen molar-refractivity contribution >= 4 is 44.7 Å². The monoisotopic (exact) mass is 543 g/mol. The van der Waals surface area contributed by atoms with Gasteiger partial charge >= 0.3 is 0 Å². The normalized spacial score (nSPS) is 12.2. The second-order valence-corrected chi connectivity index (χ2v) is 9.23. The van der Waals surface area contributed by atoms with Gasteiger partial charge in [-0.05, 0) is 52.2 Å². The summed E-state index contributed by atoms with van der Waals surface area (Å²) < 4.78 is 24.9. The van der Waals surface area contributed by atoms with Gasteiger partial charge in [-0.2, -0.15) is 0 Å². The van der Waals surface area contributed by atoms with Crippen molar-refractivity contribution in [1.29, 1.82) is 0 Å². The molecule has 5 rings (SSSR count). The molecule has 11 heteroatoms. The zero-order valence-corrected chi connectivity index (χ0v) is 21.2. The van der Waals surface area contributed by atoms with E-state index in [4.69, 9.17) is 23.9 Å². The largest absolute Gasteiger partial charge is 0.493 e. The average Bonchev–Trinajstić information content (AvgIpc) is 3.46. The first-order valence-electron chi connectivity index (χ1n) is 10.5. The highest BCUT2D eigenvalue weighted by Crippen LogP contribution is 2.43. The van der Waals surface area contributed by atoms with E-state index in [1.54, 1.807) is 20.5 Å². The van der Waals surface area contributed by atoms with Crippen LogP contribution in [0.25, 0.3) is 11.2 Å². The van der Waals surface area contributed by atoms with Crippen LogP contribution in [-0.4, -0.2) is 47.6 Å². The number of nitrogens with one attached hydrogen (secondary N) is 1. The number of imidazole rings is 1. The maximum absolute atomic E-state index is 5.57. The number of halogens is 1. The van der Waals surface area contributed by atoms with E-state index in [0.717, 1.165) is 49.2 Å². The van der Waals surface area contributed by atoms with Gasteiger partial charge in [0, 0.05) is 23.0 Å². The Morgan fingerprint density at radius 3 is 2.65 bits per heavy atom. The number of anilines is 1. The summed E-state index contributed by atoms with van der Waals surface area (Å²) in [6.45, 7) is 0.886. The number of aromatic nitrogens is 4. The summed E-state index contributed by atoms with van der Waals surface area (Å²) in [4.78, 5) is 14.7. The van der Waals surface area contributed by atoms with E-state index in [2.05, 4.69) is 35.8 Å². The van der Waals surface area contributed by atoms with Gasteiger partial charge in [-0.1, -0.05) is 17.8 Å². The second kappa shape index (κ2) is 9.59. The van der Waals surface area contributed by atoms with Gasteiger partial charge in [-0.25, -0.2) is 15.0 Å². The highest BCUT2D eigenvalue weighted by atomic mass is 79.9. The summed E-state index contributed by atoms with van der Waals surface area (Å²) in [5.41, 5.74) is 2.60. The summed E-state index contributed by atoms with van der Waals surface area (Å²) in [5, 5.41) is 3.91. The molecule has 0 bridgehead atoms. The Labute approximate surface area is 208 Å². The maximum atomic E-state index is 5.57. The third-order valence-corrected chi connectivity index (χ3v) is 7.40. The van der Waals surface area contributed by atoms with Crippen molar-refractivity contribution in [2.75, 3.05) is 33.4 Å². The van der Waals surface area contributed by atoms with E-state index in [9.17, 15) is 0 Å². The Morgan fingerprint density at radius 1 is 1.09 bits per heavy atom. The molecule has 1 N–H and O–H groups in total. The minimum Gasteiger partial charge on any atom is -0.493 e. The predicted octanol–water partition coefficient (Wildman–Crippen LogP) is 4.77. The lowest BCUT2D eigenvalue weighted by Crippen LogP contribution is -2.05. The van der Waals surface area contributed by atoms with Crippen molar-refractivity contribution < 1.29 is 18.9 Å². The predicted molar refractivity (Wildman–Crippen MR) is 133 cm³/mol. The number of hydrogen-bond acceptors (Lipinski definition) is 9. The fraction of sp³-hybridized carbons (Fsp3) is 0.261. The number of aryl methyl sites for hydroxylation is 2. The molecule has 2 aromatic carbocycles. The molecule has 2 aromatic heterocycles. The number of fused-ring (bicyclic) bond motifs is 2. The van der Waals surface area contributed by atoms with E-state index in [1.807, 2.05) is 37.4 Å². The Balaban J connectivity index is 1.51. The molecule has 176 valence electrons. The van der Waals surface area contributed by atoms with Gasteiger partial charge in [0.25, 0.3) is 0 Å². The van der Waals surface area contributed by atoms with Crippen LogP contribution in [0, 0.1) is 0 Å². The summed E-state index contributed by atoms with van der Waals surface area (Å²) in [5.74, 6) is 3.53. The van der Waals surface area contributed by atoms with Gasteiger partial charge < -0.3 is 28.8 Å². The number of ether oxygens (including phenoxy) is 4. The number of hydrogen-bond donors (Lipinski definition) is 1. The van der Waals surface area contributed by atoms with Crippen LogP contribution in [0.15, 0.2) is 51.2 Å². The molecule has 0 radical (unpaired) electrons. The molecule has 9 nitrogen and oxygen atoms in total. The lowest BCUT2D eigenvalue weighted by molar-refractivity contribution is 0.174. The molecule has 3 heterocycles. The third-order valence-electron chi connectivity index (χ3n) is 5.43. The first-order chi connectivity index (χ1) is 16.6. The lowest BCUT2D eigenvalue weighted by atomic mass is 10.1. The van der Waals surface area contributed by atoms with Crippen molar-refractivity contribution in [3.05, 3.63) is 46.7 Å². The topological polar surface area (TPSA) is 92.6 Å². The summed E-state index contributed by atoms with van der Waals surface area (Å²) in [7, 11) is 5.09. The van der Waals surface area contributed by atoms with Crippen LogP contribution in [0.1, 0.15) is 5.56 Å². The van der Waals surface area contributed by atoms with E-state index in [0.29, 0.717) is 23.9 Å². The summed E-state index contributed by atoms with van der Waals surface area (Å²) in [6.07, 6.45) is 2.30. The highest BCUT2D eigenvalue weighted by Gasteiger charge is 2.21. The number of rotatable bonds is 8. The maximum Gasteiger partial charge on any atom is 0.231 e. The molecule has 0 amide bonds. The molecular formula is C23H22BrN5O4S. The van der Waals surface area contributed by atoms with E-state index >= 15 is 0 Å². The minimum atomic E-state index is 0.223. The summed E-state index contributed by atoms with van der Waals surface area (Å²) in [6, 6.07) is 9.82. The SMILES string of the molecule is CNc1ncnc2c1nc(Sc1cc3c(cc1Br)OCO3)n2CCc1ccc(OC)c(OC)c1. The number of methoxy groups -OCH3 is 2. The fourth-order valence-electron chi connectivity index (χ4n) is 3.73. The van der Waals surface area contributed by atoms with Gasteiger partial charge in [0.05, 0.1) is 14.2 Å². The van der Waals surface area contributed by atoms with E-state index < -0.39 is 0 Å². The molecule has 1 aliphatic rings. The van der Waals surface area contributed by atoms with E-state index in [1.165, 1.54) is 11.8 Å². The Morgan fingerprint density at radius 2 is 1.88 bits per heavy atom. The molecule has 0 unspecified atom stereocenters. The van der Waals surface area contributed by atoms with Gasteiger partial charge in [-0.15, -0.1) is 0 Å². The van der Waals surface area contributed by atoms with Crippen LogP contribution in [0.4, 0.5) is 5.82 Å². The molecule has 4 aromatic rings. The molecule has 0 fully saturated rings. The Kier molecular flexibility index (Phi) is 6.38. The molecule has 0 aliphatic carbocycles. The van der Waals surface area contributed by atoms with Crippen LogP contribution in [0.3, 0.4) is 0 Å². The molecule has 0 atom stereocenters. The van der Waals surface area contributed by atoms with Gasteiger partial charge in [0.2, 0.25) is 6.79 Å². The van der Waals surface area contributed by atoms with Crippen LogP contribution in [-0.2, 0) is 13.0 Å². The van der Waals surface area contributed by atoms with Gasteiger partial charge in [0.15, 0.2) is 45.1 Å². The zero-order chi connectivity index (χ0) is 23.7. The lowest BCUT2D eigenvalue weighted by Gasteiger charge is -2.12. The highest BCUT2D eigenvalue weighted by molar-refractivity contribution is 9.10. The Hall–Kier alpha value is -3.18. The fourth-order valence-corrected chi connectivity index (χ4v) is 5.24. The van der Waals surface area contributed by atoms with Crippen molar-refractivity contribution in [2.24, 2.45) is 0 Å². The average molecular weight is 544 g/mol. The van der Waals surface area contributed by atoms with Crippen molar-refractivity contribution in [2.45, 2.75) is 23.0 Å². The third kappa shape index (κ3) is 4.21. The quantitative estimate of drug-likeness (QED) is 0.337.